The monoisotopic (exact) mass is 262 g/mol. The van der Waals surface area contributed by atoms with E-state index in [0.29, 0.717) is 6.04 Å². The van der Waals surface area contributed by atoms with E-state index in [4.69, 9.17) is 4.74 Å². The van der Waals surface area contributed by atoms with E-state index in [1.165, 1.54) is 31.5 Å². The van der Waals surface area contributed by atoms with Gasteiger partial charge in [0.2, 0.25) is 0 Å². The summed E-state index contributed by atoms with van der Waals surface area (Å²) in [7, 11) is 4.44. The third kappa shape index (κ3) is 3.95. The fourth-order valence-electron chi connectivity index (χ4n) is 2.76. The first-order valence-corrected chi connectivity index (χ1v) is 7.30. The lowest BCUT2D eigenvalue weighted by atomic mass is 10.0. The molecule has 0 amide bonds. The number of nitrogens with zero attached hydrogens (tertiary/aromatic N) is 2. The molecule has 106 valence electrons. The van der Waals surface area contributed by atoms with E-state index in [1.807, 2.05) is 13.0 Å². The molecule has 1 fully saturated rings. The van der Waals surface area contributed by atoms with Crippen molar-refractivity contribution in [3.05, 3.63) is 29.8 Å². The lowest BCUT2D eigenvalue weighted by Gasteiger charge is -2.35. The summed E-state index contributed by atoms with van der Waals surface area (Å²) in [4.78, 5) is 4.89. The Morgan fingerprint density at radius 3 is 2.63 bits per heavy atom. The summed E-state index contributed by atoms with van der Waals surface area (Å²) in [5.41, 5.74) is 1.30. The van der Waals surface area contributed by atoms with E-state index >= 15 is 0 Å². The second-order valence-corrected chi connectivity index (χ2v) is 5.49. The molecule has 0 spiro atoms. The van der Waals surface area contributed by atoms with Gasteiger partial charge in [-0.3, -0.25) is 4.90 Å². The summed E-state index contributed by atoms with van der Waals surface area (Å²) in [5.74, 6) is 1.03. The lowest BCUT2D eigenvalue weighted by Crippen LogP contribution is -2.41. The van der Waals surface area contributed by atoms with Crippen molar-refractivity contribution in [2.45, 2.75) is 32.4 Å². The number of rotatable bonds is 5. The predicted molar refractivity (Wildman–Crippen MR) is 79.6 cm³/mol. The van der Waals surface area contributed by atoms with Gasteiger partial charge in [0, 0.05) is 18.2 Å². The molecule has 0 N–H and O–H groups in total. The van der Waals surface area contributed by atoms with Gasteiger partial charge in [-0.1, -0.05) is 18.2 Å². The van der Waals surface area contributed by atoms with Crippen molar-refractivity contribution in [2.75, 3.05) is 33.8 Å². The molecule has 0 atom stereocenters. The second-order valence-electron chi connectivity index (χ2n) is 5.49. The van der Waals surface area contributed by atoms with Crippen molar-refractivity contribution in [3.8, 4) is 5.75 Å². The Balaban J connectivity index is 1.96. The number of benzene rings is 1. The fourth-order valence-corrected chi connectivity index (χ4v) is 2.76. The van der Waals surface area contributed by atoms with Crippen molar-refractivity contribution < 1.29 is 4.74 Å². The van der Waals surface area contributed by atoms with Crippen LogP contribution in [-0.2, 0) is 6.54 Å². The van der Waals surface area contributed by atoms with Gasteiger partial charge in [-0.25, -0.2) is 0 Å². The predicted octanol–water partition coefficient (Wildman–Crippen LogP) is 2.61. The van der Waals surface area contributed by atoms with Crippen LogP contribution >= 0.6 is 0 Å². The molecule has 0 radical (unpaired) electrons. The minimum Gasteiger partial charge on any atom is -0.494 e. The van der Waals surface area contributed by atoms with Crippen molar-refractivity contribution in [1.82, 2.24) is 9.80 Å². The van der Waals surface area contributed by atoms with Crippen LogP contribution in [0.25, 0.3) is 0 Å². The van der Waals surface area contributed by atoms with Crippen molar-refractivity contribution in [1.29, 1.82) is 0 Å². The lowest BCUT2D eigenvalue weighted by molar-refractivity contribution is 0.138. The molecular weight excluding hydrogens is 236 g/mol. The summed E-state index contributed by atoms with van der Waals surface area (Å²) in [6.07, 6.45) is 2.54. The van der Waals surface area contributed by atoms with Crippen molar-refractivity contribution >= 4 is 0 Å². The maximum absolute atomic E-state index is 5.71. The van der Waals surface area contributed by atoms with Gasteiger partial charge in [-0.15, -0.1) is 0 Å². The van der Waals surface area contributed by atoms with Crippen LogP contribution in [0.3, 0.4) is 0 Å². The number of para-hydroxylation sites is 1. The van der Waals surface area contributed by atoms with Crippen LogP contribution in [0.15, 0.2) is 24.3 Å². The van der Waals surface area contributed by atoms with Gasteiger partial charge in [0.1, 0.15) is 5.75 Å². The Morgan fingerprint density at radius 1 is 1.26 bits per heavy atom. The van der Waals surface area contributed by atoms with Crippen LogP contribution in [-0.4, -0.2) is 49.6 Å². The first-order chi connectivity index (χ1) is 9.20. The van der Waals surface area contributed by atoms with E-state index in [-0.39, 0.29) is 0 Å². The summed E-state index contributed by atoms with van der Waals surface area (Å²) >= 11 is 0. The molecule has 1 saturated heterocycles. The molecule has 0 unspecified atom stereocenters. The minimum atomic E-state index is 0.700. The van der Waals surface area contributed by atoms with E-state index in [9.17, 15) is 0 Å². The molecule has 19 heavy (non-hydrogen) atoms. The number of hydrogen-bond donors (Lipinski definition) is 0. The highest BCUT2D eigenvalue weighted by atomic mass is 16.5. The topological polar surface area (TPSA) is 15.7 Å². The van der Waals surface area contributed by atoms with Crippen LogP contribution in [0, 0.1) is 0 Å². The molecule has 1 aliphatic heterocycles. The van der Waals surface area contributed by atoms with Gasteiger partial charge in [0.25, 0.3) is 0 Å². The molecular formula is C16H26N2O. The molecule has 0 aliphatic carbocycles. The number of piperidine rings is 1. The largest absolute Gasteiger partial charge is 0.494 e. The van der Waals surface area contributed by atoms with Crippen LogP contribution in [0.4, 0.5) is 0 Å². The molecule has 3 heteroatoms. The molecule has 1 aromatic carbocycles. The normalized spacial score (nSPS) is 17.9. The van der Waals surface area contributed by atoms with Gasteiger partial charge < -0.3 is 9.64 Å². The van der Waals surface area contributed by atoms with E-state index in [0.717, 1.165) is 18.9 Å². The van der Waals surface area contributed by atoms with Crippen LogP contribution in [0.2, 0.25) is 0 Å². The van der Waals surface area contributed by atoms with Crippen LogP contribution in [0.5, 0.6) is 5.75 Å². The first-order valence-electron chi connectivity index (χ1n) is 7.30. The Labute approximate surface area is 117 Å². The average Bonchev–Trinajstić information content (AvgIpc) is 2.42. The van der Waals surface area contributed by atoms with E-state index in [2.05, 4.69) is 42.1 Å². The van der Waals surface area contributed by atoms with Gasteiger partial charge in [-0.2, -0.15) is 0 Å². The first kappa shape index (κ1) is 14.4. The summed E-state index contributed by atoms with van der Waals surface area (Å²) in [6.45, 7) is 6.17. The third-order valence-electron chi connectivity index (χ3n) is 4.00. The van der Waals surface area contributed by atoms with E-state index in [1.54, 1.807) is 0 Å². The van der Waals surface area contributed by atoms with Crippen molar-refractivity contribution in [3.63, 3.8) is 0 Å². The number of ether oxygens (including phenoxy) is 1. The summed E-state index contributed by atoms with van der Waals surface area (Å²) in [5, 5.41) is 0. The molecule has 0 saturated carbocycles. The maximum atomic E-state index is 5.71. The second kappa shape index (κ2) is 6.92. The standard InChI is InChI=1S/C16H26N2O/c1-4-19-16-8-6-5-7-14(16)13-18(3)15-9-11-17(2)12-10-15/h5-8,15H,4,9-13H2,1-3H3. The van der Waals surface area contributed by atoms with Gasteiger partial charge in [-0.05, 0) is 53.0 Å². The fraction of sp³-hybridized carbons (Fsp3) is 0.625. The van der Waals surface area contributed by atoms with Gasteiger partial charge in [0.05, 0.1) is 6.61 Å². The minimum absolute atomic E-state index is 0.700. The summed E-state index contributed by atoms with van der Waals surface area (Å²) < 4.78 is 5.71. The molecule has 1 aromatic rings. The highest BCUT2D eigenvalue weighted by molar-refractivity contribution is 5.33. The highest BCUT2D eigenvalue weighted by Gasteiger charge is 2.21. The van der Waals surface area contributed by atoms with Crippen molar-refractivity contribution in [2.24, 2.45) is 0 Å². The third-order valence-corrected chi connectivity index (χ3v) is 4.00. The smallest absolute Gasteiger partial charge is 0.123 e. The number of likely N-dealkylation sites (tertiary alicyclic amines) is 1. The Bertz CT molecular complexity index is 386. The molecule has 0 aromatic heterocycles. The Morgan fingerprint density at radius 2 is 1.95 bits per heavy atom. The van der Waals surface area contributed by atoms with Crippen LogP contribution < -0.4 is 4.74 Å². The zero-order valence-electron chi connectivity index (χ0n) is 12.4. The van der Waals surface area contributed by atoms with Gasteiger partial charge in [0.15, 0.2) is 0 Å². The quantitative estimate of drug-likeness (QED) is 0.811. The zero-order valence-corrected chi connectivity index (χ0v) is 12.4. The Kier molecular flexibility index (Phi) is 5.23. The molecule has 0 bridgehead atoms. The summed E-state index contributed by atoms with van der Waals surface area (Å²) in [6, 6.07) is 9.09. The highest BCUT2D eigenvalue weighted by Crippen LogP contribution is 2.22. The molecule has 1 heterocycles. The van der Waals surface area contributed by atoms with E-state index < -0.39 is 0 Å². The zero-order chi connectivity index (χ0) is 13.7. The molecule has 3 nitrogen and oxygen atoms in total. The SMILES string of the molecule is CCOc1ccccc1CN(C)C1CCN(C)CC1. The maximum Gasteiger partial charge on any atom is 0.123 e. The number of hydrogen-bond acceptors (Lipinski definition) is 3. The average molecular weight is 262 g/mol. The molecule has 1 aliphatic rings. The van der Waals surface area contributed by atoms with Gasteiger partial charge >= 0.3 is 0 Å². The molecule has 2 rings (SSSR count). The van der Waals surface area contributed by atoms with Crippen LogP contribution in [0.1, 0.15) is 25.3 Å². The Hall–Kier alpha value is -1.06.